The second-order valence-electron chi connectivity index (χ2n) is 7.57. The Balaban J connectivity index is 1.46. The quantitative estimate of drug-likeness (QED) is 0.474. The van der Waals surface area contributed by atoms with Gasteiger partial charge in [-0.3, -0.25) is 14.4 Å². The molecule has 1 aliphatic rings. The van der Waals surface area contributed by atoms with Crippen LogP contribution in [0.15, 0.2) is 48.5 Å². The number of carbonyl (C=O) groups excluding carboxylic acids is 3. The number of anilines is 2. The van der Waals surface area contributed by atoms with Crippen molar-refractivity contribution in [2.75, 3.05) is 63.7 Å². The number of benzene rings is 2. The van der Waals surface area contributed by atoms with Crippen LogP contribution in [0.25, 0.3) is 0 Å². The number of amides is 3. The molecule has 2 aromatic rings. The number of carbonyl (C=O) groups is 3. The van der Waals surface area contributed by atoms with Gasteiger partial charge in [0.25, 0.3) is 11.8 Å². The van der Waals surface area contributed by atoms with E-state index >= 15 is 0 Å². The molecule has 2 aromatic carbocycles. The van der Waals surface area contributed by atoms with Gasteiger partial charge in [-0.25, -0.2) is 0 Å². The maximum Gasteiger partial charge on any atom is 0.254 e. The van der Waals surface area contributed by atoms with Crippen molar-refractivity contribution in [3.8, 4) is 0 Å². The van der Waals surface area contributed by atoms with Gasteiger partial charge in [-0.1, -0.05) is 6.07 Å². The molecule has 3 amide bonds. The summed E-state index contributed by atoms with van der Waals surface area (Å²) in [5.74, 6) is -0.456. The lowest BCUT2D eigenvalue weighted by Crippen LogP contribution is -2.40. The van der Waals surface area contributed by atoms with Crippen LogP contribution in [0.1, 0.15) is 27.1 Å². The minimum Gasteiger partial charge on any atom is -0.385 e. The lowest BCUT2D eigenvalue weighted by atomic mass is 10.1. The van der Waals surface area contributed by atoms with Gasteiger partial charge in [0.1, 0.15) is 0 Å². The third-order valence-electron chi connectivity index (χ3n) is 5.10. The molecular weight excluding hydrogens is 424 g/mol. The van der Waals surface area contributed by atoms with Crippen molar-refractivity contribution in [2.24, 2.45) is 0 Å². The summed E-state index contributed by atoms with van der Waals surface area (Å²) in [6, 6.07) is 13.8. The first kappa shape index (κ1) is 24.2. The first-order valence-corrected chi connectivity index (χ1v) is 10.9. The van der Waals surface area contributed by atoms with Gasteiger partial charge in [0.15, 0.2) is 0 Å². The molecule has 0 unspecified atom stereocenters. The molecule has 0 saturated carbocycles. The largest absolute Gasteiger partial charge is 0.385 e. The number of morpholine rings is 1. The Morgan fingerprint density at radius 2 is 1.76 bits per heavy atom. The Hall–Kier alpha value is -3.43. The number of rotatable bonds is 10. The van der Waals surface area contributed by atoms with Crippen LogP contribution in [-0.2, 0) is 14.3 Å². The van der Waals surface area contributed by atoms with Gasteiger partial charge in [0.2, 0.25) is 5.91 Å². The Morgan fingerprint density at radius 1 is 1.00 bits per heavy atom. The third-order valence-corrected chi connectivity index (χ3v) is 5.10. The average molecular weight is 455 g/mol. The van der Waals surface area contributed by atoms with Crippen molar-refractivity contribution in [3.05, 3.63) is 59.7 Å². The number of ether oxygens (including phenoxy) is 2. The van der Waals surface area contributed by atoms with Crippen molar-refractivity contribution in [3.63, 3.8) is 0 Å². The van der Waals surface area contributed by atoms with Crippen LogP contribution in [0.4, 0.5) is 11.4 Å². The van der Waals surface area contributed by atoms with Crippen LogP contribution < -0.4 is 16.0 Å². The number of nitrogens with one attached hydrogen (secondary N) is 3. The molecule has 3 N–H and O–H groups in total. The molecule has 9 nitrogen and oxygen atoms in total. The summed E-state index contributed by atoms with van der Waals surface area (Å²) in [5.41, 5.74) is 2.36. The predicted octanol–water partition coefficient (Wildman–Crippen LogP) is 1.98. The molecule has 1 aliphatic heterocycles. The average Bonchev–Trinajstić information content (AvgIpc) is 2.86. The topological polar surface area (TPSA) is 109 Å². The highest BCUT2D eigenvalue weighted by Crippen LogP contribution is 2.14. The first-order chi connectivity index (χ1) is 16.1. The van der Waals surface area contributed by atoms with E-state index in [-0.39, 0.29) is 24.3 Å². The fraction of sp³-hybridized carbons (Fsp3) is 0.375. The predicted molar refractivity (Wildman–Crippen MR) is 126 cm³/mol. The fourth-order valence-corrected chi connectivity index (χ4v) is 3.32. The Bertz CT molecular complexity index is 942. The Labute approximate surface area is 193 Å². The van der Waals surface area contributed by atoms with E-state index in [9.17, 15) is 14.4 Å². The minimum absolute atomic E-state index is 0.0386. The van der Waals surface area contributed by atoms with E-state index in [0.717, 1.165) is 6.42 Å². The third kappa shape index (κ3) is 7.58. The molecular formula is C24H30N4O5. The summed E-state index contributed by atoms with van der Waals surface area (Å²) in [6.45, 7) is 3.41. The first-order valence-electron chi connectivity index (χ1n) is 10.9. The van der Waals surface area contributed by atoms with Crippen LogP contribution in [0.2, 0.25) is 0 Å². The number of hydrogen-bond acceptors (Lipinski definition) is 6. The van der Waals surface area contributed by atoms with Gasteiger partial charge in [-0.05, 0) is 48.9 Å². The highest BCUT2D eigenvalue weighted by atomic mass is 16.5. The number of nitrogens with zero attached hydrogens (tertiary/aromatic N) is 1. The van der Waals surface area contributed by atoms with Crippen LogP contribution in [0, 0.1) is 0 Å². The van der Waals surface area contributed by atoms with Crippen molar-refractivity contribution in [1.82, 2.24) is 10.2 Å². The zero-order chi connectivity index (χ0) is 23.5. The minimum atomic E-state index is -0.239. The molecule has 33 heavy (non-hydrogen) atoms. The highest BCUT2D eigenvalue weighted by Gasteiger charge is 2.18. The molecule has 0 spiro atoms. The van der Waals surface area contributed by atoms with Crippen molar-refractivity contribution >= 4 is 29.1 Å². The normalized spacial score (nSPS) is 13.3. The molecule has 1 fully saturated rings. The van der Waals surface area contributed by atoms with Crippen LogP contribution >= 0.6 is 0 Å². The smallest absolute Gasteiger partial charge is 0.254 e. The molecule has 0 bridgehead atoms. The van der Waals surface area contributed by atoms with E-state index in [1.807, 2.05) is 6.07 Å². The summed E-state index contributed by atoms with van der Waals surface area (Å²) in [5, 5.41) is 8.65. The van der Waals surface area contributed by atoms with E-state index in [2.05, 4.69) is 16.0 Å². The molecule has 9 heteroatoms. The van der Waals surface area contributed by atoms with Gasteiger partial charge >= 0.3 is 0 Å². The lowest BCUT2D eigenvalue weighted by molar-refractivity contribution is -0.114. The van der Waals surface area contributed by atoms with Crippen LogP contribution in [-0.4, -0.2) is 75.7 Å². The SMILES string of the molecule is COCCCNC(=O)c1ccc(NC(=O)CNc2cccc(C(=O)N3CCOCC3)c2)cc1. The van der Waals surface area contributed by atoms with Crippen molar-refractivity contribution in [1.29, 1.82) is 0 Å². The van der Waals surface area contributed by atoms with Gasteiger partial charge in [-0.15, -0.1) is 0 Å². The summed E-state index contributed by atoms with van der Waals surface area (Å²) in [6.07, 6.45) is 0.744. The standard InChI is InChI=1S/C24H30N4O5/c1-32-13-3-10-25-23(30)18-6-8-20(9-7-18)27-22(29)17-26-21-5-2-4-19(16-21)24(31)28-11-14-33-15-12-28/h2,4-9,16,26H,3,10-15,17H2,1H3,(H,25,30)(H,27,29). The summed E-state index contributed by atoms with van der Waals surface area (Å²) in [4.78, 5) is 38.8. The van der Waals surface area contributed by atoms with Gasteiger partial charge in [0.05, 0.1) is 19.8 Å². The zero-order valence-corrected chi connectivity index (χ0v) is 18.8. The summed E-state index contributed by atoms with van der Waals surface area (Å²) >= 11 is 0. The van der Waals surface area contributed by atoms with E-state index in [0.29, 0.717) is 62.0 Å². The van der Waals surface area contributed by atoms with Crippen molar-refractivity contribution < 1.29 is 23.9 Å². The van der Waals surface area contributed by atoms with E-state index in [1.165, 1.54) is 0 Å². The van der Waals surface area contributed by atoms with E-state index < -0.39 is 0 Å². The monoisotopic (exact) mass is 454 g/mol. The van der Waals surface area contributed by atoms with Crippen molar-refractivity contribution in [2.45, 2.75) is 6.42 Å². The molecule has 176 valence electrons. The summed E-state index contributed by atoms with van der Waals surface area (Å²) < 4.78 is 10.2. The molecule has 0 aliphatic carbocycles. The molecule has 1 heterocycles. The second-order valence-corrected chi connectivity index (χ2v) is 7.57. The summed E-state index contributed by atoms with van der Waals surface area (Å²) in [7, 11) is 1.62. The van der Waals surface area contributed by atoms with Gasteiger partial charge < -0.3 is 30.3 Å². The number of hydrogen-bond donors (Lipinski definition) is 3. The Kier molecular flexibility index (Phi) is 9.22. The van der Waals surface area contributed by atoms with Crippen LogP contribution in [0.3, 0.4) is 0 Å². The van der Waals surface area contributed by atoms with Gasteiger partial charge in [0, 0.05) is 55.9 Å². The van der Waals surface area contributed by atoms with E-state index in [1.54, 1.807) is 54.5 Å². The Morgan fingerprint density at radius 3 is 2.48 bits per heavy atom. The highest BCUT2D eigenvalue weighted by molar-refractivity contribution is 5.97. The maximum absolute atomic E-state index is 12.6. The number of methoxy groups -OCH3 is 1. The zero-order valence-electron chi connectivity index (χ0n) is 18.8. The second kappa shape index (κ2) is 12.6. The van der Waals surface area contributed by atoms with Gasteiger partial charge in [-0.2, -0.15) is 0 Å². The fourth-order valence-electron chi connectivity index (χ4n) is 3.32. The van der Waals surface area contributed by atoms with Crippen LogP contribution in [0.5, 0.6) is 0 Å². The molecule has 0 atom stereocenters. The molecule has 0 radical (unpaired) electrons. The molecule has 3 rings (SSSR count). The molecule has 0 aromatic heterocycles. The lowest BCUT2D eigenvalue weighted by Gasteiger charge is -2.27. The maximum atomic E-state index is 12.6. The van der Waals surface area contributed by atoms with E-state index in [4.69, 9.17) is 9.47 Å². The molecule has 1 saturated heterocycles.